The summed E-state index contributed by atoms with van der Waals surface area (Å²) < 4.78 is 5.32. The Hall–Kier alpha value is -1.79. The van der Waals surface area contributed by atoms with Gasteiger partial charge in [0.25, 0.3) is 0 Å². The number of hydrogen-bond acceptors (Lipinski definition) is 4. The van der Waals surface area contributed by atoms with Crippen molar-refractivity contribution in [3.8, 4) is 5.75 Å². The lowest BCUT2D eigenvalue weighted by Gasteiger charge is -2.29. The topological polar surface area (TPSA) is 52.1 Å². The molecule has 0 amide bonds. The van der Waals surface area contributed by atoms with E-state index < -0.39 is 0 Å². The van der Waals surface area contributed by atoms with Gasteiger partial charge in [0.15, 0.2) is 5.96 Å². The molecule has 0 spiro atoms. The first-order valence-electron chi connectivity index (χ1n) is 10.8. The van der Waals surface area contributed by atoms with E-state index in [-0.39, 0.29) is 0 Å². The van der Waals surface area contributed by atoms with Gasteiger partial charge in [-0.25, -0.2) is 0 Å². The minimum Gasteiger partial charge on any atom is -0.497 e. The fourth-order valence-corrected chi connectivity index (χ4v) is 4.11. The van der Waals surface area contributed by atoms with Gasteiger partial charge in [-0.1, -0.05) is 19.1 Å². The molecule has 0 aromatic heterocycles. The summed E-state index contributed by atoms with van der Waals surface area (Å²) in [5, 5.41) is 7.05. The zero-order valence-corrected chi connectivity index (χ0v) is 17.8. The molecule has 6 heteroatoms. The summed E-state index contributed by atoms with van der Waals surface area (Å²) in [5.41, 5.74) is 1.33. The van der Waals surface area contributed by atoms with Crippen LogP contribution in [0.3, 0.4) is 0 Å². The third kappa shape index (κ3) is 5.85. The Morgan fingerprint density at radius 2 is 1.93 bits per heavy atom. The summed E-state index contributed by atoms with van der Waals surface area (Å²) in [6.07, 6.45) is 5.29. The van der Waals surface area contributed by atoms with E-state index in [0.29, 0.717) is 6.04 Å². The van der Waals surface area contributed by atoms with Gasteiger partial charge in [-0.05, 0) is 63.0 Å². The Morgan fingerprint density at radius 1 is 1.21 bits per heavy atom. The van der Waals surface area contributed by atoms with Crippen molar-refractivity contribution in [1.82, 2.24) is 20.4 Å². The van der Waals surface area contributed by atoms with Gasteiger partial charge in [0.05, 0.1) is 13.2 Å². The van der Waals surface area contributed by atoms with E-state index in [4.69, 9.17) is 4.74 Å². The maximum atomic E-state index is 5.32. The number of hydrogen-bond donors (Lipinski definition) is 2. The molecular weight excluding hydrogens is 350 g/mol. The maximum Gasteiger partial charge on any atom is 0.191 e. The van der Waals surface area contributed by atoms with Crippen LogP contribution < -0.4 is 15.4 Å². The Bertz CT molecular complexity index is 608. The monoisotopic (exact) mass is 387 g/mol. The first-order chi connectivity index (χ1) is 13.7. The van der Waals surface area contributed by atoms with Gasteiger partial charge in [-0.2, -0.15) is 0 Å². The van der Waals surface area contributed by atoms with Crippen LogP contribution in [-0.2, 0) is 0 Å². The highest BCUT2D eigenvalue weighted by Gasteiger charge is 2.27. The van der Waals surface area contributed by atoms with Crippen LogP contribution in [0.2, 0.25) is 0 Å². The van der Waals surface area contributed by atoms with Crippen LogP contribution in [-0.4, -0.2) is 75.2 Å². The lowest BCUT2D eigenvalue weighted by Crippen LogP contribution is -2.45. The number of benzene rings is 1. The summed E-state index contributed by atoms with van der Waals surface area (Å²) >= 11 is 0. The largest absolute Gasteiger partial charge is 0.497 e. The lowest BCUT2D eigenvalue weighted by molar-refractivity contribution is 0.245. The number of likely N-dealkylation sites (N-methyl/N-ethyl adjacent to an activating group) is 1. The zero-order chi connectivity index (χ0) is 19.8. The molecule has 1 heterocycles. The van der Waals surface area contributed by atoms with E-state index in [9.17, 15) is 0 Å². The van der Waals surface area contributed by atoms with Crippen molar-refractivity contribution in [3.05, 3.63) is 29.8 Å². The average Bonchev–Trinajstić information content (AvgIpc) is 3.44. The average molecular weight is 388 g/mol. The van der Waals surface area contributed by atoms with Crippen LogP contribution in [0.1, 0.15) is 44.2 Å². The van der Waals surface area contributed by atoms with Crippen molar-refractivity contribution in [2.24, 2.45) is 4.99 Å². The highest BCUT2D eigenvalue weighted by molar-refractivity contribution is 5.79. The van der Waals surface area contributed by atoms with Gasteiger partial charge in [-0.3, -0.25) is 14.8 Å². The molecule has 6 nitrogen and oxygen atoms in total. The quantitative estimate of drug-likeness (QED) is 0.477. The minimum atomic E-state index is 0.352. The smallest absolute Gasteiger partial charge is 0.191 e. The fraction of sp³-hybridized carbons (Fsp3) is 0.682. The van der Waals surface area contributed by atoms with E-state index in [1.54, 1.807) is 7.11 Å². The van der Waals surface area contributed by atoms with E-state index in [0.717, 1.165) is 57.0 Å². The molecular formula is C22H37N5O. The second-order valence-electron chi connectivity index (χ2n) is 7.77. The second-order valence-corrected chi connectivity index (χ2v) is 7.77. The molecule has 1 aromatic carbocycles. The first kappa shape index (κ1) is 20.9. The van der Waals surface area contributed by atoms with Crippen molar-refractivity contribution in [2.45, 2.75) is 44.7 Å². The molecule has 1 saturated carbocycles. The highest BCUT2D eigenvalue weighted by atomic mass is 16.5. The Kier molecular flexibility index (Phi) is 7.98. The van der Waals surface area contributed by atoms with Gasteiger partial charge in [-0.15, -0.1) is 0 Å². The second kappa shape index (κ2) is 10.7. The molecule has 1 aromatic rings. The van der Waals surface area contributed by atoms with Crippen molar-refractivity contribution < 1.29 is 4.74 Å². The standard InChI is InChI=1S/C22H37N5O/c1-4-26(19-9-10-19)16-13-24-22(23-2)25-17-21(27-14-5-6-15-27)18-7-11-20(28-3)12-8-18/h7-8,11-12,19,21H,4-6,9-10,13-17H2,1-3H3,(H2,23,24,25). The number of rotatable bonds is 10. The van der Waals surface area contributed by atoms with Crippen molar-refractivity contribution >= 4 is 5.96 Å². The summed E-state index contributed by atoms with van der Waals surface area (Å²) in [6.45, 7) is 8.57. The molecule has 3 rings (SSSR count). The molecule has 1 aliphatic heterocycles. The zero-order valence-electron chi connectivity index (χ0n) is 17.8. The molecule has 1 atom stereocenters. The molecule has 1 aliphatic carbocycles. The predicted molar refractivity (Wildman–Crippen MR) is 116 cm³/mol. The number of ether oxygens (including phenoxy) is 1. The van der Waals surface area contributed by atoms with Crippen LogP contribution in [0.5, 0.6) is 5.75 Å². The summed E-state index contributed by atoms with van der Waals surface area (Å²) in [7, 11) is 3.57. The Morgan fingerprint density at radius 3 is 2.50 bits per heavy atom. The summed E-state index contributed by atoms with van der Waals surface area (Å²) in [5.74, 6) is 1.80. The number of guanidine groups is 1. The number of methoxy groups -OCH3 is 1. The molecule has 28 heavy (non-hydrogen) atoms. The number of nitrogens with zero attached hydrogens (tertiary/aromatic N) is 3. The van der Waals surface area contributed by atoms with Crippen LogP contribution in [0, 0.1) is 0 Å². The lowest BCUT2D eigenvalue weighted by atomic mass is 10.1. The maximum absolute atomic E-state index is 5.32. The molecule has 0 radical (unpaired) electrons. The number of nitrogens with one attached hydrogen (secondary N) is 2. The van der Waals surface area contributed by atoms with Crippen molar-refractivity contribution in [1.29, 1.82) is 0 Å². The van der Waals surface area contributed by atoms with Gasteiger partial charge in [0.2, 0.25) is 0 Å². The van der Waals surface area contributed by atoms with Crippen LogP contribution in [0.4, 0.5) is 0 Å². The number of aliphatic imine (C=N–C) groups is 1. The first-order valence-corrected chi connectivity index (χ1v) is 10.8. The summed E-state index contributed by atoms with van der Waals surface area (Å²) in [6, 6.07) is 9.66. The van der Waals surface area contributed by atoms with E-state index >= 15 is 0 Å². The molecule has 2 aliphatic rings. The third-order valence-electron chi connectivity index (χ3n) is 5.93. The molecule has 156 valence electrons. The van der Waals surface area contributed by atoms with Crippen LogP contribution in [0.25, 0.3) is 0 Å². The SMILES string of the molecule is CCN(CCNC(=NC)NCC(c1ccc(OC)cc1)N1CCCC1)C1CC1. The fourth-order valence-electron chi connectivity index (χ4n) is 4.11. The number of likely N-dealkylation sites (tertiary alicyclic amines) is 1. The molecule has 0 bridgehead atoms. The minimum absolute atomic E-state index is 0.352. The van der Waals surface area contributed by atoms with Crippen molar-refractivity contribution in [3.63, 3.8) is 0 Å². The Balaban J connectivity index is 1.53. The van der Waals surface area contributed by atoms with Crippen LogP contribution in [0.15, 0.2) is 29.3 Å². The normalized spacial score (nSPS) is 19.1. The Labute approximate surface area is 170 Å². The predicted octanol–water partition coefficient (Wildman–Crippen LogP) is 2.48. The molecule has 1 unspecified atom stereocenters. The van der Waals surface area contributed by atoms with E-state index in [2.05, 4.69) is 56.6 Å². The molecule has 2 N–H and O–H groups in total. The van der Waals surface area contributed by atoms with Gasteiger partial charge in [0.1, 0.15) is 5.75 Å². The molecule has 2 fully saturated rings. The van der Waals surface area contributed by atoms with E-state index in [1.165, 1.54) is 31.2 Å². The van der Waals surface area contributed by atoms with Gasteiger partial charge in [0, 0.05) is 32.7 Å². The highest BCUT2D eigenvalue weighted by Crippen LogP contribution is 2.27. The summed E-state index contributed by atoms with van der Waals surface area (Å²) in [4.78, 5) is 9.57. The van der Waals surface area contributed by atoms with E-state index in [1.807, 2.05) is 7.05 Å². The van der Waals surface area contributed by atoms with Crippen LogP contribution >= 0.6 is 0 Å². The van der Waals surface area contributed by atoms with Gasteiger partial charge < -0.3 is 15.4 Å². The van der Waals surface area contributed by atoms with Gasteiger partial charge >= 0.3 is 0 Å². The molecule has 1 saturated heterocycles. The van der Waals surface area contributed by atoms with Crippen molar-refractivity contribution in [2.75, 3.05) is 53.4 Å². The third-order valence-corrected chi connectivity index (χ3v) is 5.93.